The van der Waals surface area contributed by atoms with Crippen LogP contribution in [-0.2, 0) is 20.0 Å². The number of rotatable bonds is 5. The highest BCUT2D eigenvalue weighted by Crippen LogP contribution is 2.31. The predicted molar refractivity (Wildman–Crippen MR) is 95.2 cm³/mol. The van der Waals surface area contributed by atoms with E-state index < -0.39 is 0 Å². The lowest BCUT2D eigenvalue weighted by atomic mass is 9.93. The van der Waals surface area contributed by atoms with Crippen LogP contribution in [0.25, 0.3) is 0 Å². The summed E-state index contributed by atoms with van der Waals surface area (Å²) in [5.74, 6) is 0.765. The number of fused-ring (bicyclic) bond motifs is 1. The molecule has 3 rings (SSSR count). The average Bonchev–Trinajstić information content (AvgIpc) is 3.05. The van der Waals surface area contributed by atoms with Crippen molar-refractivity contribution in [1.82, 2.24) is 14.7 Å². The number of furan rings is 1. The van der Waals surface area contributed by atoms with Gasteiger partial charge in [0, 0.05) is 44.2 Å². The highest BCUT2D eigenvalue weighted by Gasteiger charge is 2.33. The zero-order valence-electron chi connectivity index (χ0n) is 15.8. The number of aromatic nitrogens is 2. The Labute approximate surface area is 152 Å². The minimum Gasteiger partial charge on any atom is -0.465 e. The van der Waals surface area contributed by atoms with Crippen molar-refractivity contribution in [2.45, 2.75) is 46.6 Å². The van der Waals surface area contributed by atoms with Gasteiger partial charge in [0.05, 0.1) is 23.4 Å². The van der Waals surface area contributed by atoms with Crippen LogP contribution >= 0.6 is 0 Å². The highest BCUT2D eigenvalue weighted by atomic mass is 16.3. The number of carbonyl (C=O) groups is 2. The van der Waals surface area contributed by atoms with Crippen LogP contribution in [-0.4, -0.2) is 44.6 Å². The number of amides is 1. The van der Waals surface area contributed by atoms with Gasteiger partial charge in [-0.2, -0.15) is 5.10 Å². The highest BCUT2D eigenvalue weighted by molar-refractivity contribution is 6.10. The van der Waals surface area contributed by atoms with Crippen molar-refractivity contribution in [3.63, 3.8) is 0 Å². The Kier molecular flexibility index (Phi) is 5.00. The molecule has 0 saturated carbocycles. The molecule has 7 nitrogen and oxygen atoms in total. The van der Waals surface area contributed by atoms with Crippen molar-refractivity contribution in [3.05, 3.63) is 39.6 Å². The smallest absolute Gasteiger partial charge is 0.258 e. The standard InChI is InChI=1S/C19H25N3O4/c1-11-14(12(2)21(4)20-11)10-22(8-9-23)19(25)17-13(3)26-16-7-5-6-15(24)18(16)17/h23H,5-10H2,1-4H3. The van der Waals surface area contributed by atoms with Gasteiger partial charge < -0.3 is 14.4 Å². The van der Waals surface area contributed by atoms with E-state index in [0.29, 0.717) is 42.0 Å². The molecule has 0 atom stereocenters. The van der Waals surface area contributed by atoms with Crippen LogP contribution in [0, 0.1) is 20.8 Å². The van der Waals surface area contributed by atoms with E-state index in [-0.39, 0.29) is 24.8 Å². The third-order valence-electron chi connectivity index (χ3n) is 5.12. The second-order valence-electron chi connectivity index (χ2n) is 6.83. The molecule has 0 unspecified atom stereocenters. The molecular formula is C19H25N3O4. The van der Waals surface area contributed by atoms with Gasteiger partial charge in [-0.1, -0.05) is 0 Å². The number of nitrogens with zero attached hydrogens (tertiary/aromatic N) is 3. The molecule has 1 aliphatic carbocycles. The lowest BCUT2D eigenvalue weighted by Gasteiger charge is -2.23. The molecule has 1 N–H and O–H groups in total. The van der Waals surface area contributed by atoms with Crippen LogP contribution in [0.15, 0.2) is 4.42 Å². The van der Waals surface area contributed by atoms with Crippen molar-refractivity contribution in [1.29, 1.82) is 0 Å². The fourth-order valence-corrected chi connectivity index (χ4v) is 3.63. The minimum atomic E-state index is -0.278. The van der Waals surface area contributed by atoms with E-state index in [1.807, 2.05) is 20.9 Å². The van der Waals surface area contributed by atoms with E-state index in [2.05, 4.69) is 5.10 Å². The molecule has 1 amide bonds. The van der Waals surface area contributed by atoms with Gasteiger partial charge in [-0.05, 0) is 27.2 Å². The Hall–Kier alpha value is -2.41. The van der Waals surface area contributed by atoms with Crippen molar-refractivity contribution in [2.75, 3.05) is 13.2 Å². The molecule has 0 fully saturated rings. The summed E-state index contributed by atoms with van der Waals surface area (Å²) < 4.78 is 7.49. The fraction of sp³-hybridized carbons (Fsp3) is 0.526. The molecule has 2 heterocycles. The molecule has 26 heavy (non-hydrogen) atoms. The molecular weight excluding hydrogens is 334 g/mol. The fourth-order valence-electron chi connectivity index (χ4n) is 3.63. The van der Waals surface area contributed by atoms with E-state index in [0.717, 1.165) is 23.4 Å². The Morgan fingerprint density at radius 1 is 1.31 bits per heavy atom. The van der Waals surface area contributed by atoms with Gasteiger partial charge in [0.25, 0.3) is 5.91 Å². The van der Waals surface area contributed by atoms with Gasteiger partial charge in [0.1, 0.15) is 11.5 Å². The maximum atomic E-state index is 13.2. The number of aliphatic hydroxyl groups is 1. The predicted octanol–water partition coefficient (Wildman–Crippen LogP) is 2.09. The Morgan fingerprint density at radius 3 is 2.65 bits per heavy atom. The van der Waals surface area contributed by atoms with E-state index >= 15 is 0 Å². The molecule has 0 aliphatic heterocycles. The van der Waals surface area contributed by atoms with E-state index in [1.165, 1.54) is 0 Å². The van der Waals surface area contributed by atoms with Gasteiger partial charge in [-0.25, -0.2) is 0 Å². The van der Waals surface area contributed by atoms with Crippen LogP contribution in [0.2, 0.25) is 0 Å². The van der Waals surface area contributed by atoms with Crippen LogP contribution in [0.5, 0.6) is 0 Å². The maximum absolute atomic E-state index is 13.2. The number of hydrogen-bond acceptors (Lipinski definition) is 5. The number of carbonyl (C=O) groups excluding carboxylic acids is 2. The molecule has 0 bridgehead atoms. The van der Waals surface area contributed by atoms with Crippen molar-refractivity contribution in [3.8, 4) is 0 Å². The van der Waals surface area contributed by atoms with Gasteiger partial charge in [0.15, 0.2) is 5.78 Å². The number of ketones is 1. The first-order chi connectivity index (χ1) is 12.3. The third-order valence-corrected chi connectivity index (χ3v) is 5.12. The Morgan fingerprint density at radius 2 is 2.04 bits per heavy atom. The van der Waals surface area contributed by atoms with E-state index in [9.17, 15) is 14.7 Å². The summed E-state index contributed by atoms with van der Waals surface area (Å²) in [6.07, 6.45) is 1.87. The normalized spacial score (nSPS) is 13.8. The third kappa shape index (κ3) is 3.07. The quantitative estimate of drug-likeness (QED) is 0.883. The molecule has 1 aliphatic rings. The topological polar surface area (TPSA) is 88.6 Å². The summed E-state index contributed by atoms with van der Waals surface area (Å²) in [6.45, 7) is 5.93. The van der Waals surface area contributed by atoms with Crippen LogP contribution < -0.4 is 0 Å². The number of Topliss-reactive ketones (excluding diaryl/α,β-unsaturated/α-hetero) is 1. The first kappa shape index (κ1) is 18.4. The summed E-state index contributed by atoms with van der Waals surface area (Å²) in [4.78, 5) is 27.2. The second kappa shape index (κ2) is 7.07. The average molecular weight is 359 g/mol. The monoisotopic (exact) mass is 359 g/mol. The van der Waals surface area contributed by atoms with Crippen molar-refractivity contribution >= 4 is 11.7 Å². The maximum Gasteiger partial charge on any atom is 0.258 e. The second-order valence-corrected chi connectivity index (χ2v) is 6.83. The Balaban J connectivity index is 1.98. The lowest BCUT2D eigenvalue weighted by molar-refractivity contribution is 0.0701. The molecule has 0 spiro atoms. The van der Waals surface area contributed by atoms with Crippen LogP contribution in [0.3, 0.4) is 0 Å². The van der Waals surface area contributed by atoms with E-state index in [1.54, 1.807) is 16.5 Å². The lowest BCUT2D eigenvalue weighted by Crippen LogP contribution is -2.34. The van der Waals surface area contributed by atoms with Crippen LogP contribution in [0.1, 0.15) is 62.0 Å². The molecule has 2 aromatic heterocycles. The van der Waals surface area contributed by atoms with Gasteiger partial charge in [0.2, 0.25) is 0 Å². The molecule has 0 radical (unpaired) electrons. The van der Waals surface area contributed by atoms with Crippen LogP contribution in [0.4, 0.5) is 0 Å². The summed E-state index contributed by atoms with van der Waals surface area (Å²) in [5.41, 5.74) is 3.55. The molecule has 0 aromatic carbocycles. The zero-order valence-corrected chi connectivity index (χ0v) is 15.8. The zero-order chi connectivity index (χ0) is 19.0. The van der Waals surface area contributed by atoms with E-state index in [4.69, 9.17) is 4.42 Å². The summed E-state index contributed by atoms with van der Waals surface area (Å²) in [6, 6.07) is 0. The number of aliphatic hydroxyl groups excluding tert-OH is 1. The molecule has 2 aromatic rings. The summed E-state index contributed by atoms with van der Waals surface area (Å²) >= 11 is 0. The first-order valence-electron chi connectivity index (χ1n) is 8.89. The largest absolute Gasteiger partial charge is 0.465 e. The molecule has 0 saturated heterocycles. The summed E-state index contributed by atoms with van der Waals surface area (Å²) in [7, 11) is 1.86. The van der Waals surface area contributed by atoms with Gasteiger partial charge in [-0.15, -0.1) is 0 Å². The van der Waals surface area contributed by atoms with Crippen molar-refractivity contribution < 1.29 is 19.1 Å². The van der Waals surface area contributed by atoms with Gasteiger partial charge in [-0.3, -0.25) is 14.3 Å². The molecule has 140 valence electrons. The number of aryl methyl sites for hydroxylation is 4. The summed E-state index contributed by atoms with van der Waals surface area (Å²) in [5, 5.41) is 13.8. The first-order valence-corrected chi connectivity index (χ1v) is 8.89. The minimum absolute atomic E-state index is 0.0378. The van der Waals surface area contributed by atoms with Gasteiger partial charge >= 0.3 is 0 Å². The Bertz CT molecular complexity index is 863. The number of hydrogen-bond donors (Lipinski definition) is 1. The van der Waals surface area contributed by atoms with Crippen molar-refractivity contribution in [2.24, 2.45) is 7.05 Å². The SMILES string of the molecule is Cc1nn(C)c(C)c1CN(CCO)C(=O)c1c(C)oc2c1C(=O)CCC2. The molecule has 7 heteroatoms.